The molecule has 1 heterocycles. The monoisotopic (exact) mass is 218 g/mol. The smallest absolute Gasteiger partial charge is 0.224 e. The Morgan fingerprint density at radius 1 is 1.54 bits per heavy atom. The fraction of sp³-hybridized carbons (Fsp3) is 0.250. The Kier molecular flexibility index (Phi) is 3.51. The molecule has 1 amide bonds. The second-order valence-corrected chi connectivity index (χ2v) is 3.12. The number of nitrogens with zero attached hydrogens (tertiary/aromatic N) is 1. The molecule has 5 heteroatoms. The van der Waals surface area contributed by atoms with Gasteiger partial charge in [-0.15, -0.1) is 0 Å². The van der Waals surface area contributed by atoms with Gasteiger partial charge in [0.05, 0.1) is 5.69 Å². The summed E-state index contributed by atoms with van der Waals surface area (Å²) in [5.41, 5.74) is 0.484. The summed E-state index contributed by atoms with van der Waals surface area (Å²) < 4.78 is 0. The van der Waals surface area contributed by atoms with Crippen molar-refractivity contribution in [3.8, 4) is 0 Å². The lowest BCUT2D eigenvalue weighted by Crippen LogP contribution is -2.10. The average Bonchev–Trinajstić information content (AvgIpc) is 2.09. The molecular formula is C8H8Cl2N2O. The van der Waals surface area contributed by atoms with Crippen LogP contribution in [0.5, 0.6) is 0 Å². The normalized spacial score (nSPS) is 9.77. The van der Waals surface area contributed by atoms with Gasteiger partial charge in [0.15, 0.2) is 5.15 Å². The van der Waals surface area contributed by atoms with Gasteiger partial charge >= 0.3 is 0 Å². The molecule has 1 rings (SSSR count). The lowest BCUT2D eigenvalue weighted by molar-refractivity contribution is -0.115. The van der Waals surface area contributed by atoms with Gasteiger partial charge in [-0.05, 0) is 12.1 Å². The van der Waals surface area contributed by atoms with Crippen LogP contribution in [0.4, 0.5) is 5.69 Å². The number of anilines is 1. The number of amides is 1. The van der Waals surface area contributed by atoms with Crippen LogP contribution in [0.25, 0.3) is 0 Å². The number of rotatable bonds is 2. The summed E-state index contributed by atoms with van der Waals surface area (Å²) in [5.74, 6) is -0.106. The first-order chi connectivity index (χ1) is 6.13. The Morgan fingerprint density at radius 2 is 2.23 bits per heavy atom. The van der Waals surface area contributed by atoms with E-state index in [2.05, 4.69) is 10.3 Å². The van der Waals surface area contributed by atoms with Crippen LogP contribution in [0.3, 0.4) is 0 Å². The topological polar surface area (TPSA) is 42.0 Å². The minimum Gasteiger partial charge on any atom is -0.323 e. The number of carbonyl (C=O) groups is 1. The second-order valence-electron chi connectivity index (χ2n) is 2.37. The number of aromatic nitrogens is 1. The summed E-state index contributed by atoms with van der Waals surface area (Å²) in [6.07, 6.45) is 0.402. The van der Waals surface area contributed by atoms with Crippen molar-refractivity contribution < 1.29 is 4.79 Å². The largest absolute Gasteiger partial charge is 0.323 e. The molecule has 1 aromatic heterocycles. The molecule has 1 aromatic rings. The quantitative estimate of drug-likeness (QED) is 0.777. The van der Waals surface area contributed by atoms with Crippen LogP contribution < -0.4 is 5.32 Å². The number of hydrogen-bond acceptors (Lipinski definition) is 2. The van der Waals surface area contributed by atoms with Gasteiger partial charge in [0, 0.05) is 6.42 Å². The Bertz CT molecular complexity index is 328. The fourth-order valence-electron chi connectivity index (χ4n) is 0.744. The van der Waals surface area contributed by atoms with Gasteiger partial charge in [0.2, 0.25) is 5.91 Å². The molecule has 0 radical (unpaired) electrons. The highest BCUT2D eigenvalue weighted by Gasteiger charge is 2.04. The summed E-state index contributed by atoms with van der Waals surface area (Å²) in [5, 5.41) is 3.10. The lowest BCUT2D eigenvalue weighted by atomic mass is 10.4. The van der Waals surface area contributed by atoms with Crippen molar-refractivity contribution >= 4 is 34.8 Å². The van der Waals surface area contributed by atoms with Crippen molar-refractivity contribution in [2.24, 2.45) is 0 Å². The standard InChI is InChI=1S/C8H8Cl2N2O/c1-2-7(13)11-5-3-4-6(9)12-8(5)10/h3-4H,2H2,1H3,(H,11,13). The molecule has 70 valence electrons. The molecule has 0 fully saturated rings. The highest BCUT2D eigenvalue weighted by molar-refractivity contribution is 6.34. The van der Waals surface area contributed by atoms with Crippen LogP contribution in [0.15, 0.2) is 12.1 Å². The molecule has 3 nitrogen and oxygen atoms in total. The predicted octanol–water partition coefficient (Wildman–Crippen LogP) is 2.74. The molecule has 0 aliphatic rings. The maximum absolute atomic E-state index is 11.0. The molecule has 0 saturated heterocycles. The minimum atomic E-state index is -0.106. The summed E-state index contributed by atoms with van der Waals surface area (Å²) in [4.78, 5) is 14.8. The van der Waals surface area contributed by atoms with Gasteiger partial charge in [-0.25, -0.2) is 4.98 Å². The van der Waals surface area contributed by atoms with Gasteiger partial charge in [0.1, 0.15) is 5.15 Å². The van der Waals surface area contributed by atoms with E-state index in [0.717, 1.165) is 0 Å². The molecule has 0 aromatic carbocycles. The summed E-state index contributed by atoms with van der Waals surface area (Å²) in [7, 11) is 0. The molecule has 0 unspecified atom stereocenters. The van der Waals surface area contributed by atoms with Crippen LogP contribution in [-0.2, 0) is 4.79 Å². The Morgan fingerprint density at radius 3 is 2.77 bits per heavy atom. The Hall–Kier alpha value is -0.800. The van der Waals surface area contributed by atoms with Crippen LogP contribution in [0, 0.1) is 0 Å². The third kappa shape index (κ3) is 2.86. The Balaban J connectivity index is 2.83. The minimum absolute atomic E-state index is 0.106. The first kappa shape index (κ1) is 10.3. The van der Waals surface area contributed by atoms with Gasteiger partial charge in [-0.2, -0.15) is 0 Å². The molecule has 0 spiro atoms. The van der Waals surface area contributed by atoms with Gasteiger partial charge in [-0.1, -0.05) is 30.1 Å². The molecule has 0 saturated carbocycles. The van der Waals surface area contributed by atoms with Crippen molar-refractivity contribution in [2.45, 2.75) is 13.3 Å². The van der Waals surface area contributed by atoms with E-state index in [1.165, 1.54) is 0 Å². The van der Waals surface area contributed by atoms with Crippen molar-refractivity contribution in [3.05, 3.63) is 22.4 Å². The fourth-order valence-corrected chi connectivity index (χ4v) is 1.14. The van der Waals surface area contributed by atoms with E-state index in [9.17, 15) is 4.79 Å². The predicted molar refractivity (Wildman–Crippen MR) is 53.2 cm³/mol. The van der Waals surface area contributed by atoms with E-state index in [-0.39, 0.29) is 11.1 Å². The molecule has 0 aliphatic heterocycles. The highest BCUT2D eigenvalue weighted by Crippen LogP contribution is 2.21. The zero-order chi connectivity index (χ0) is 9.84. The van der Waals surface area contributed by atoms with E-state index in [1.807, 2.05) is 0 Å². The zero-order valence-electron chi connectivity index (χ0n) is 6.97. The number of carbonyl (C=O) groups excluding carboxylic acids is 1. The summed E-state index contributed by atoms with van der Waals surface area (Å²) in [6.45, 7) is 1.76. The molecule has 0 aliphatic carbocycles. The summed E-state index contributed by atoms with van der Waals surface area (Å²) >= 11 is 11.3. The van der Waals surface area contributed by atoms with Crippen LogP contribution in [-0.4, -0.2) is 10.9 Å². The third-order valence-electron chi connectivity index (χ3n) is 1.41. The average molecular weight is 219 g/mol. The van der Waals surface area contributed by atoms with Crippen LogP contribution in [0.1, 0.15) is 13.3 Å². The molecule has 1 N–H and O–H groups in total. The molecule has 0 atom stereocenters. The molecular weight excluding hydrogens is 211 g/mol. The number of nitrogens with one attached hydrogen (secondary N) is 1. The van der Waals surface area contributed by atoms with E-state index in [1.54, 1.807) is 19.1 Å². The highest BCUT2D eigenvalue weighted by atomic mass is 35.5. The van der Waals surface area contributed by atoms with Crippen molar-refractivity contribution in [2.75, 3.05) is 5.32 Å². The zero-order valence-corrected chi connectivity index (χ0v) is 8.49. The molecule has 0 bridgehead atoms. The number of halogens is 2. The first-order valence-electron chi connectivity index (χ1n) is 3.75. The number of hydrogen-bond donors (Lipinski definition) is 1. The van der Waals surface area contributed by atoms with Gasteiger partial charge in [0.25, 0.3) is 0 Å². The van der Waals surface area contributed by atoms with E-state index in [4.69, 9.17) is 23.2 Å². The summed E-state index contributed by atoms with van der Waals surface area (Å²) in [6, 6.07) is 3.18. The molecule has 13 heavy (non-hydrogen) atoms. The maximum Gasteiger partial charge on any atom is 0.224 e. The van der Waals surface area contributed by atoms with Crippen LogP contribution in [0.2, 0.25) is 10.3 Å². The van der Waals surface area contributed by atoms with Crippen molar-refractivity contribution in [1.29, 1.82) is 0 Å². The maximum atomic E-state index is 11.0. The van der Waals surface area contributed by atoms with Crippen molar-refractivity contribution in [1.82, 2.24) is 4.98 Å². The Labute approximate surface area is 86.1 Å². The second kappa shape index (κ2) is 4.44. The number of pyridine rings is 1. The third-order valence-corrected chi connectivity index (χ3v) is 1.91. The van der Waals surface area contributed by atoms with E-state index in [0.29, 0.717) is 17.3 Å². The van der Waals surface area contributed by atoms with Gasteiger partial charge < -0.3 is 5.32 Å². The van der Waals surface area contributed by atoms with Gasteiger partial charge in [-0.3, -0.25) is 4.79 Å². The van der Waals surface area contributed by atoms with Crippen LogP contribution >= 0.6 is 23.2 Å². The van der Waals surface area contributed by atoms with Crippen molar-refractivity contribution in [3.63, 3.8) is 0 Å². The lowest BCUT2D eigenvalue weighted by Gasteiger charge is -2.04. The van der Waals surface area contributed by atoms with E-state index >= 15 is 0 Å². The first-order valence-corrected chi connectivity index (χ1v) is 4.51. The van der Waals surface area contributed by atoms with E-state index < -0.39 is 0 Å². The SMILES string of the molecule is CCC(=O)Nc1ccc(Cl)nc1Cl.